The molecule has 4 aromatic heterocycles. The molecule has 4 rings (SSSR count). The second-order valence-electron chi connectivity index (χ2n) is 6.25. The van der Waals surface area contributed by atoms with Crippen molar-refractivity contribution in [2.45, 2.75) is 26.4 Å². The number of aromatic nitrogens is 6. The zero-order valence-corrected chi connectivity index (χ0v) is 14.9. The van der Waals surface area contributed by atoms with Gasteiger partial charge in [-0.25, -0.2) is 9.97 Å². The van der Waals surface area contributed by atoms with Crippen molar-refractivity contribution in [1.29, 1.82) is 0 Å². The normalized spacial score (nSPS) is 11.0. The van der Waals surface area contributed by atoms with Crippen LogP contribution in [0.5, 0.6) is 0 Å². The van der Waals surface area contributed by atoms with Gasteiger partial charge in [-0.05, 0) is 24.1 Å². The molecule has 0 saturated carbocycles. The minimum Gasteiger partial charge on any atom is -0.319 e. The van der Waals surface area contributed by atoms with Crippen molar-refractivity contribution in [3.63, 3.8) is 0 Å². The Balaban J connectivity index is 1.52. The lowest BCUT2D eigenvalue weighted by Gasteiger charge is -2.05. The number of nitrogens with zero attached hydrogens (tertiary/aromatic N) is 6. The van der Waals surface area contributed by atoms with Crippen molar-refractivity contribution < 1.29 is 4.79 Å². The molecule has 0 radical (unpaired) electrons. The van der Waals surface area contributed by atoms with Crippen LogP contribution < -0.4 is 5.32 Å². The SMILES string of the molecule is CCCn1cc(NC(=O)c2cnc3c(c2)ncn3Cc2cccnc2)cn1. The molecule has 0 fully saturated rings. The fourth-order valence-electron chi connectivity index (χ4n) is 2.86. The van der Waals surface area contributed by atoms with Crippen molar-refractivity contribution in [2.24, 2.45) is 0 Å². The number of fused-ring (bicyclic) bond motifs is 1. The highest BCUT2D eigenvalue weighted by molar-refractivity contribution is 6.05. The fourth-order valence-corrected chi connectivity index (χ4v) is 2.86. The monoisotopic (exact) mass is 361 g/mol. The van der Waals surface area contributed by atoms with Crippen LogP contribution >= 0.6 is 0 Å². The van der Waals surface area contributed by atoms with E-state index in [4.69, 9.17) is 0 Å². The first kappa shape index (κ1) is 16.9. The van der Waals surface area contributed by atoms with Crippen LogP contribution in [-0.2, 0) is 13.1 Å². The topological polar surface area (TPSA) is 90.5 Å². The van der Waals surface area contributed by atoms with Crippen molar-refractivity contribution in [3.05, 3.63) is 66.6 Å². The van der Waals surface area contributed by atoms with Crippen LogP contribution in [0, 0.1) is 0 Å². The highest BCUT2D eigenvalue weighted by atomic mass is 16.1. The lowest BCUT2D eigenvalue weighted by molar-refractivity contribution is 0.102. The summed E-state index contributed by atoms with van der Waals surface area (Å²) in [6.07, 6.45) is 11.3. The van der Waals surface area contributed by atoms with Crippen LogP contribution in [0.1, 0.15) is 29.3 Å². The predicted molar refractivity (Wildman–Crippen MR) is 101 cm³/mol. The molecule has 1 N–H and O–H groups in total. The smallest absolute Gasteiger partial charge is 0.257 e. The number of anilines is 1. The number of amides is 1. The van der Waals surface area contributed by atoms with E-state index >= 15 is 0 Å². The standard InChI is InChI=1S/C19H19N7O/c1-2-6-26-12-16(10-23-26)24-19(27)15-7-17-18(21-9-15)25(13-22-17)11-14-4-3-5-20-8-14/h3-5,7-10,12-13H,2,6,11H2,1H3,(H,24,27). The van der Waals surface area contributed by atoms with Crippen molar-refractivity contribution in [3.8, 4) is 0 Å². The summed E-state index contributed by atoms with van der Waals surface area (Å²) >= 11 is 0. The molecule has 0 aliphatic rings. The van der Waals surface area contributed by atoms with Crippen molar-refractivity contribution >= 4 is 22.8 Å². The molecule has 8 nitrogen and oxygen atoms in total. The number of imidazole rings is 1. The average molecular weight is 361 g/mol. The third-order valence-electron chi connectivity index (χ3n) is 4.14. The second-order valence-corrected chi connectivity index (χ2v) is 6.25. The molecule has 0 saturated heterocycles. The van der Waals surface area contributed by atoms with Crippen molar-refractivity contribution in [1.82, 2.24) is 29.3 Å². The zero-order chi connectivity index (χ0) is 18.6. The van der Waals surface area contributed by atoms with Crippen LogP contribution in [0.15, 0.2) is 55.5 Å². The first-order valence-corrected chi connectivity index (χ1v) is 8.76. The lowest BCUT2D eigenvalue weighted by Crippen LogP contribution is -2.12. The molecule has 4 heterocycles. The molecule has 4 aromatic rings. The summed E-state index contributed by atoms with van der Waals surface area (Å²) in [6, 6.07) is 5.64. The number of carbonyl (C=O) groups is 1. The number of rotatable bonds is 6. The van der Waals surface area contributed by atoms with Crippen LogP contribution in [0.3, 0.4) is 0 Å². The van der Waals surface area contributed by atoms with E-state index in [9.17, 15) is 4.79 Å². The number of carbonyl (C=O) groups excluding carboxylic acids is 1. The molecule has 0 aliphatic heterocycles. The maximum Gasteiger partial charge on any atom is 0.257 e. The number of aryl methyl sites for hydroxylation is 1. The summed E-state index contributed by atoms with van der Waals surface area (Å²) in [5.74, 6) is -0.234. The summed E-state index contributed by atoms with van der Waals surface area (Å²) in [6.45, 7) is 3.52. The predicted octanol–water partition coefficient (Wildman–Crippen LogP) is 2.73. The zero-order valence-electron chi connectivity index (χ0n) is 14.9. The molecule has 136 valence electrons. The Morgan fingerprint density at radius 2 is 2.15 bits per heavy atom. The van der Waals surface area contributed by atoms with E-state index in [0.717, 1.165) is 24.2 Å². The summed E-state index contributed by atoms with van der Waals surface area (Å²) in [7, 11) is 0. The van der Waals surface area contributed by atoms with Gasteiger partial charge in [0.2, 0.25) is 0 Å². The van der Waals surface area contributed by atoms with Crippen molar-refractivity contribution in [2.75, 3.05) is 5.32 Å². The van der Waals surface area contributed by atoms with E-state index < -0.39 is 0 Å². The number of nitrogens with one attached hydrogen (secondary N) is 1. The lowest BCUT2D eigenvalue weighted by atomic mass is 10.2. The van der Waals surface area contributed by atoms with Gasteiger partial charge in [0, 0.05) is 31.3 Å². The first-order chi connectivity index (χ1) is 13.2. The third kappa shape index (κ3) is 3.69. The molecule has 0 unspecified atom stereocenters. The maximum atomic E-state index is 12.5. The molecule has 0 atom stereocenters. The van der Waals surface area contributed by atoms with Crippen LogP contribution in [0.4, 0.5) is 5.69 Å². The van der Waals surface area contributed by atoms with Gasteiger partial charge in [0.1, 0.15) is 5.52 Å². The Morgan fingerprint density at radius 3 is 2.96 bits per heavy atom. The fraction of sp³-hybridized carbons (Fsp3) is 0.211. The van der Waals surface area contributed by atoms with Gasteiger partial charge in [0.25, 0.3) is 5.91 Å². The van der Waals surface area contributed by atoms with Gasteiger partial charge in [-0.1, -0.05) is 13.0 Å². The van der Waals surface area contributed by atoms with E-state index in [1.807, 2.05) is 29.1 Å². The molecule has 8 heteroatoms. The van der Waals surface area contributed by atoms with E-state index in [1.165, 1.54) is 0 Å². The molecule has 0 aliphatic carbocycles. The van der Waals surface area contributed by atoms with E-state index in [2.05, 4.69) is 32.3 Å². The molecule has 0 aromatic carbocycles. The number of hydrogen-bond acceptors (Lipinski definition) is 5. The average Bonchev–Trinajstić information content (AvgIpc) is 3.29. The van der Waals surface area contributed by atoms with Gasteiger partial charge >= 0.3 is 0 Å². The van der Waals surface area contributed by atoms with E-state index in [0.29, 0.717) is 23.3 Å². The largest absolute Gasteiger partial charge is 0.319 e. The highest BCUT2D eigenvalue weighted by Gasteiger charge is 2.12. The minimum absolute atomic E-state index is 0.234. The number of pyridine rings is 2. The Hall–Kier alpha value is -3.55. The van der Waals surface area contributed by atoms with Gasteiger partial charge in [0.05, 0.1) is 30.3 Å². The van der Waals surface area contributed by atoms with Crippen LogP contribution in [-0.4, -0.2) is 35.2 Å². The quantitative estimate of drug-likeness (QED) is 0.570. The Morgan fingerprint density at radius 1 is 1.22 bits per heavy atom. The van der Waals surface area contributed by atoms with E-state index in [-0.39, 0.29) is 5.91 Å². The highest BCUT2D eigenvalue weighted by Crippen LogP contribution is 2.15. The summed E-state index contributed by atoms with van der Waals surface area (Å²) < 4.78 is 3.74. The molecular formula is C19H19N7O. The molecule has 1 amide bonds. The van der Waals surface area contributed by atoms with Gasteiger partial charge in [-0.3, -0.25) is 14.5 Å². The number of hydrogen-bond donors (Lipinski definition) is 1. The third-order valence-corrected chi connectivity index (χ3v) is 4.14. The van der Waals surface area contributed by atoms with Gasteiger partial charge in [0.15, 0.2) is 5.65 Å². The first-order valence-electron chi connectivity index (χ1n) is 8.76. The summed E-state index contributed by atoms with van der Waals surface area (Å²) in [5, 5.41) is 7.05. The summed E-state index contributed by atoms with van der Waals surface area (Å²) in [5.41, 5.74) is 3.58. The molecule has 0 bridgehead atoms. The maximum absolute atomic E-state index is 12.5. The Bertz CT molecular complexity index is 1070. The molecule has 27 heavy (non-hydrogen) atoms. The second kappa shape index (κ2) is 7.36. The minimum atomic E-state index is -0.234. The molecule has 0 spiro atoms. The summed E-state index contributed by atoms with van der Waals surface area (Å²) in [4.78, 5) is 25.4. The van der Waals surface area contributed by atoms with Gasteiger partial charge in [-0.2, -0.15) is 5.10 Å². The van der Waals surface area contributed by atoms with Gasteiger partial charge in [-0.15, -0.1) is 0 Å². The van der Waals surface area contributed by atoms with Crippen LogP contribution in [0.25, 0.3) is 11.2 Å². The Kier molecular flexibility index (Phi) is 4.61. The molecular weight excluding hydrogens is 342 g/mol. The van der Waals surface area contributed by atoms with Crippen LogP contribution in [0.2, 0.25) is 0 Å². The Labute approximate surface area is 155 Å². The van der Waals surface area contributed by atoms with E-state index in [1.54, 1.807) is 35.7 Å². The van der Waals surface area contributed by atoms with Gasteiger partial charge < -0.3 is 9.88 Å².